The van der Waals surface area contributed by atoms with Gasteiger partial charge in [-0.1, -0.05) is 23.2 Å². The summed E-state index contributed by atoms with van der Waals surface area (Å²) in [5, 5.41) is 1.13. The number of rotatable bonds is 1. The van der Waals surface area contributed by atoms with E-state index in [-0.39, 0.29) is 0 Å². The highest BCUT2D eigenvalue weighted by molar-refractivity contribution is 14.1. The first-order chi connectivity index (χ1) is 7.58. The molecule has 3 nitrogen and oxygen atoms in total. The summed E-state index contributed by atoms with van der Waals surface area (Å²) in [5.74, 6) is 0.909. The van der Waals surface area contributed by atoms with Crippen LogP contribution in [0.5, 0.6) is 0 Å². The van der Waals surface area contributed by atoms with Crippen molar-refractivity contribution in [2.45, 2.75) is 0 Å². The molecule has 0 radical (unpaired) electrons. The van der Waals surface area contributed by atoms with Crippen LogP contribution in [0.2, 0.25) is 10.0 Å². The lowest BCUT2D eigenvalue weighted by molar-refractivity contribution is 1.17. The van der Waals surface area contributed by atoms with Crippen LogP contribution in [0.15, 0.2) is 24.4 Å². The van der Waals surface area contributed by atoms with Gasteiger partial charge < -0.3 is 5.73 Å². The molecule has 2 rings (SSSR count). The number of nitrogen functional groups attached to an aromatic ring is 1. The van der Waals surface area contributed by atoms with Crippen LogP contribution in [0.1, 0.15) is 0 Å². The molecule has 0 bridgehead atoms. The molecule has 0 saturated heterocycles. The van der Waals surface area contributed by atoms with Crippen molar-refractivity contribution >= 4 is 51.6 Å². The number of hydrogen-bond acceptors (Lipinski definition) is 3. The van der Waals surface area contributed by atoms with Crippen molar-refractivity contribution in [3.8, 4) is 11.4 Å². The first kappa shape index (κ1) is 11.9. The normalized spacial score (nSPS) is 10.4. The monoisotopic (exact) mass is 365 g/mol. The maximum atomic E-state index is 6.04. The van der Waals surface area contributed by atoms with Crippen LogP contribution in [0.25, 0.3) is 11.4 Å². The minimum Gasteiger partial charge on any atom is -0.383 e. The van der Waals surface area contributed by atoms with Crippen molar-refractivity contribution in [3.05, 3.63) is 38.0 Å². The molecular weight excluding hydrogens is 360 g/mol. The fourth-order valence-electron chi connectivity index (χ4n) is 1.18. The van der Waals surface area contributed by atoms with E-state index in [4.69, 9.17) is 28.9 Å². The van der Waals surface area contributed by atoms with E-state index in [1.54, 1.807) is 24.4 Å². The van der Waals surface area contributed by atoms with E-state index >= 15 is 0 Å². The van der Waals surface area contributed by atoms with Crippen molar-refractivity contribution in [1.29, 1.82) is 0 Å². The zero-order valence-corrected chi connectivity index (χ0v) is 11.6. The second-order valence-electron chi connectivity index (χ2n) is 3.05. The van der Waals surface area contributed by atoms with E-state index < -0.39 is 0 Å². The largest absolute Gasteiger partial charge is 0.383 e. The lowest BCUT2D eigenvalue weighted by Crippen LogP contribution is -1.98. The third-order valence-corrected chi connectivity index (χ3v) is 3.34. The fraction of sp³-hybridized carbons (Fsp3) is 0. The SMILES string of the molecule is Nc1nc(-c2cc(Cl)ccc2Cl)ncc1I. The van der Waals surface area contributed by atoms with Gasteiger partial charge in [-0.05, 0) is 40.8 Å². The number of nitrogens with zero attached hydrogens (tertiary/aromatic N) is 2. The lowest BCUT2D eigenvalue weighted by atomic mass is 10.2. The molecule has 2 N–H and O–H groups in total. The molecule has 1 aromatic carbocycles. The molecule has 0 unspecified atom stereocenters. The van der Waals surface area contributed by atoms with Gasteiger partial charge in [0, 0.05) is 16.8 Å². The molecule has 16 heavy (non-hydrogen) atoms. The molecule has 0 saturated carbocycles. The second kappa shape index (κ2) is 4.73. The van der Waals surface area contributed by atoms with E-state index in [2.05, 4.69) is 32.6 Å². The van der Waals surface area contributed by atoms with Crippen molar-refractivity contribution in [1.82, 2.24) is 9.97 Å². The summed E-state index contributed by atoms with van der Waals surface area (Å²) in [6.45, 7) is 0. The molecule has 6 heteroatoms. The number of aromatic nitrogens is 2. The third-order valence-electron chi connectivity index (χ3n) is 1.94. The van der Waals surface area contributed by atoms with E-state index in [1.165, 1.54) is 0 Å². The Morgan fingerprint density at radius 3 is 2.69 bits per heavy atom. The molecular formula is C10H6Cl2IN3. The zero-order chi connectivity index (χ0) is 11.7. The first-order valence-corrected chi connectivity index (χ1v) is 6.15. The number of nitrogens with two attached hydrogens (primary N) is 1. The quantitative estimate of drug-likeness (QED) is 0.785. The summed E-state index contributed by atoms with van der Waals surface area (Å²) in [7, 11) is 0. The number of hydrogen-bond donors (Lipinski definition) is 1. The zero-order valence-electron chi connectivity index (χ0n) is 7.92. The minimum atomic E-state index is 0.432. The highest BCUT2D eigenvalue weighted by atomic mass is 127. The molecule has 0 aliphatic heterocycles. The van der Waals surface area contributed by atoms with E-state index in [0.29, 0.717) is 27.3 Å². The van der Waals surface area contributed by atoms with Gasteiger partial charge in [0.2, 0.25) is 0 Å². The van der Waals surface area contributed by atoms with Crippen LogP contribution < -0.4 is 5.73 Å². The Labute approximate surface area is 116 Å². The van der Waals surface area contributed by atoms with Crippen LogP contribution in [0, 0.1) is 3.57 Å². The van der Waals surface area contributed by atoms with Crippen molar-refractivity contribution in [3.63, 3.8) is 0 Å². The summed E-state index contributed by atoms with van der Waals surface area (Å²) in [4.78, 5) is 8.33. The van der Waals surface area contributed by atoms with E-state index in [1.807, 2.05) is 0 Å². The predicted molar refractivity (Wildman–Crippen MR) is 74.6 cm³/mol. The summed E-state index contributed by atoms with van der Waals surface area (Å²) < 4.78 is 0.805. The van der Waals surface area contributed by atoms with Gasteiger partial charge >= 0.3 is 0 Å². The van der Waals surface area contributed by atoms with Gasteiger partial charge in [0.15, 0.2) is 5.82 Å². The van der Waals surface area contributed by atoms with Gasteiger partial charge in [0.1, 0.15) is 5.82 Å². The molecule has 82 valence electrons. The van der Waals surface area contributed by atoms with Gasteiger partial charge in [-0.2, -0.15) is 0 Å². The van der Waals surface area contributed by atoms with Crippen LogP contribution in [-0.2, 0) is 0 Å². The topological polar surface area (TPSA) is 51.8 Å². The Balaban J connectivity index is 2.58. The average molecular weight is 366 g/mol. The second-order valence-corrected chi connectivity index (χ2v) is 5.06. The fourth-order valence-corrected chi connectivity index (χ4v) is 1.81. The Morgan fingerprint density at radius 1 is 1.25 bits per heavy atom. The number of anilines is 1. The Kier molecular flexibility index (Phi) is 3.51. The van der Waals surface area contributed by atoms with Crippen LogP contribution >= 0.6 is 45.8 Å². The summed E-state index contributed by atoms with van der Waals surface area (Å²) in [6.07, 6.45) is 1.65. The number of benzene rings is 1. The highest BCUT2D eigenvalue weighted by Crippen LogP contribution is 2.28. The molecule has 0 spiro atoms. The first-order valence-electron chi connectivity index (χ1n) is 4.31. The Bertz CT molecular complexity index is 546. The maximum Gasteiger partial charge on any atom is 0.163 e. The van der Waals surface area contributed by atoms with Gasteiger partial charge in [-0.15, -0.1) is 0 Å². The minimum absolute atomic E-state index is 0.432. The van der Waals surface area contributed by atoms with Crippen molar-refractivity contribution in [2.75, 3.05) is 5.73 Å². The van der Waals surface area contributed by atoms with Gasteiger partial charge in [-0.3, -0.25) is 0 Å². The predicted octanol–water partition coefficient (Wildman–Crippen LogP) is 3.64. The molecule has 1 heterocycles. The smallest absolute Gasteiger partial charge is 0.163 e. The summed E-state index contributed by atoms with van der Waals surface area (Å²) >= 11 is 14.0. The molecule has 0 aliphatic rings. The van der Waals surface area contributed by atoms with Crippen LogP contribution in [0.4, 0.5) is 5.82 Å². The third kappa shape index (κ3) is 2.39. The molecule has 0 aliphatic carbocycles. The standard InChI is InChI=1S/C10H6Cl2IN3/c11-5-1-2-7(12)6(3-5)10-15-4-8(13)9(14)16-10/h1-4H,(H2,14,15,16). The van der Waals surface area contributed by atoms with Crippen molar-refractivity contribution < 1.29 is 0 Å². The molecule has 0 fully saturated rings. The van der Waals surface area contributed by atoms with Crippen LogP contribution in [-0.4, -0.2) is 9.97 Å². The van der Waals surface area contributed by atoms with E-state index in [9.17, 15) is 0 Å². The van der Waals surface area contributed by atoms with Crippen LogP contribution in [0.3, 0.4) is 0 Å². The van der Waals surface area contributed by atoms with E-state index in [0.717, 1.165) is 3.57 Å². The van der Waals surface area contributed by atoms with Gasteiger partial charge in [0.25, 0.3) is 0 Å². The molecule has 1 aromatic heterocycles. The maximum absolute atomic E-state index is 6.04. The molecule has 2 aromatic rings. The molecule has 0 amide bonds. The lowest BCUT2D eigenvalue weighted by Gasteiger charge is -2.05. The Hall–Kier alpha value is -0.590. The van der Waals surface area contributed by atoms with Gasteiger partial charge in [-0.25, -0.2) is 9.97 Å². The van der Waals surface area contributed by atoms with Gasteiger partial charge in [0.05, 0.1) is 8.59 Å². The average Bonchev–Trinajstić information content (AvgIpc) is 2.26. The molecule has 0 atom stereocenters. The summed E-state index contributed by atoms with van der Waals surface area (Å²) in [5.41, 5.74) is 6.39. The highest BCUT2D eigenvalue weighted by Gasteiger charge is 2.09. The van der Waals surface area contributed by atoms with Crippen molar-refractivity contribution in [2.24, 2.45) is 0 Å². The Morgan fingerprint density at radius 2 is 2.00 bits per heavy atom. The summed E-state index contributed by atoms with van der Waals surface area (Å²) in [6, 6.07) is 5.13. The number of halogens is 3.